The van der Waals surface area contributed by atoms with Crippen molar-refractivity contribution in [2.75, 3.05) is 13.2 Å². The molecule has 20 heavy (non-hydrogen) atoms. The largest absolute Gasteiger partial charge is 0.394 e. The maximum absolute atomic E-state index is 12.1. The summed E-state index contributed by atoms with van der Waals surface area (Å²) in [6.45, 7) is 4.66. The van der Waals surface area contributed by atoms with Crippen molar-refractivity contribution < 1.29 is 9.90 Å². The molecule has 0 bridgehead atoms. The number of hydrogen-bond donors (Lipinski definition) is 3. The third-order valence-corrected chi connectivity index (χ3v) is 3.33. The summed E-state index contributed by atoms with van der Waals surface area (Å²) < 4.78 is 0. The SMILES string of the molecule is CC(C)CC(CN)CC(=O)N[C@H](CO)c1ccccc1. The van der Waals surface area contributed by atoms with Crippen molar-refractivity contribution in [3.63, 3.8) is 0 Å². The Labute approximate surface area is 121 Å². The molecule has 4 heteroatoms. The van der Waals surface area contributed by atoms with Crippen LogP contribution in [0.3, 0.4) is 0 Å². The second-order valence-corrected chi connectivity index (χ2v) is 5.65. The molecular weight excluding hydrogens is 252 g/mol. The summed E-state index contributed by atoms with van der Waals surface area (Å²) in [4.78, 5) is 12.1. The van der Waals surface area contributed by atoms with Gasteiger partial charge in [-0.2, -0.15) is 0 Å². The standard InChI is InChI=1S/C16H26N2O2/c1-12(2)8-13(10-17)9-16(20)18-15(11-19)14-6-4-3-5-7-14/h3-7,12-13,15,19H,8-11,17H2,1-2H3,(H,18,20)/t13?,15-/m1/s1. The Kier molecular flexibility index (Phi) is 7.26. The molecule has 0 spiro atoms. The van der Waals surface area contributed by atoms with Crippen LogP contribution in [0.15, 0.2) is 30.3 Å². The van der Waals surface area contributed by atoms with Gasteiger partial charge in [-0.3, -0.25) is 4.79 Å². The van der Waals surface area contributed by atoms with Gasteiger partial charge >= 0.3 is 0 Å². The number of amides is 1. The van der Waals surface area contributed by atoms with Gasteiger partial charge in [0.2, 0.25) is 5.91 Å². The summed E-state index contributed by atoms with van der Waals surface area (Å²) in [6, 6.07) is 9.15. The molecule has 0 heterocycles. The number of benzene rings is 1. The average Bonchev–Trinajstić information content (AvgIpc) is 2.44. The molecule has 0 fully saturated rings. The first-order chi connectivity index (χ1) is 9.56. The van der Waals surface area contributed by atoms with Gasteiger partial charge in [0.15, 0.2) is 0 Å². The molecule has 112 valence electrons. The number of nitrogens with two attached hydrogens (primary N) is 1. The van der Waals surface area contributed by atoms with E-state index in [0.717, 1.165) is 12.0 Å². The molecule has 1 aromatic carbocycles. The van der Waals surface area contributed by atoms with Crippen LogP contribution >= 0.6 is 0 Å². The Morgan fingerprint density at radius 2 is 1.95 bits per heavy atom. The zero-order chi connectivity index (χ0) is 15.0. The Morgan fingerprint density at radius 3 is 2.45 bits per heavy atom. The molecule has 0 aliphatic heterocycles. The van der Waals surface area contributed by atoms with Gasteiger partial charge in [-0.05, 0) is 30.4 Å². The van der Waals surface area contributed by atoms with Crippen LogP contribution in [-0.2, 0) is 4.79 Å². The second kappa shape index (κ2) is 8.72. The van der Waals surface area contributed by atoms with Crippen LogP contribution in [0.4, 0.5) is 0 Å². The van der Waals surface area contributed by atoms with Crippen LogP contribution in [0, 0.1) is 11.8 Å². The minimum atomic E-state index is -0.346. The molecule has 4 nitrogen and oxygen atoms in total. The van der Waals surface area contributed by atoms with Gasteiger partial charge in [-0.15, -0.1) is 0 Å². The van der Waals surface area contributed by atoms with Crippen molar-refractivity contribution in [2.45, 2.75) is 32.7 Å². The first-order valence-electron chi connectivity index (χ1n) is 7.22. The highest BCUT2D eigenvalue weighted by atomic mass is 16.3. The smallest absolute Gasteiger partial charge is 0.220 e. The van der Waals surface area contributed by atoms with Crippen LogP contribution in [-0.4, -0.2) is 24.2 Å². The number of nitrogens with one attached hydrogen (secondary N) is 1. The summed E-state index contributed by atoms with van der Waals surface area (Å²) in [5.74, 6) is 0.674. The van der Waals surface area contributed by atoms with Crippen LogP contribution in [0.2, 0.25) is 0 Å². The van der Waals surface area contributed by atoms with E-state index in [2.05, 4.69) is 19.2 Å². The number of aliphatic hydroxyl groups excluding tert-OH is 1. The topological polar surface area (TPSA) is 75.4 Å². The fourth-order valence-corrected chi connectivity index (χ4v) is 2.36. The molecule has 0 radical (unpaired) electrons. The van der Waals surface area contributed by atoms with E-state index in [1.54, 1.807) is 0 Å². The fourth-order valence-electron chi connectivity index (χ4n) is 2.36. The maximum Gasteiger partial charge on any atom is 0.220 e. The van der Waals surface area contributed by atoms with Crippen molar-refractivity contribution in [3.05, 3.63) is 35.9 Å². The van der Waals surface area contributed by atoms with Crippen molar-refractivity contribution in [3.8, 4) is 0 Å². The summed E-state index contributed by atoms with van der Waals surface area (Å²) >= 11 is 0. The normalized spacial score (nSPS) is 14.1. The van der Waals surface area contributed by atoms with Gasteiger partial charge in [-0.25, -0.2) is 0 Å². The molecule has 1 rings (SSSR count). The van der Waals surface area contributed by atoms with Gasteiger partial charge in [0.05, 0.1) is 12.6 Å². The highest BCUT2D eigenvalue weighted by Crippen LogP contribution is 2.16. The fraction of sp³-hybridized carbons (Fsp3) is 0.562. The molecule has 1 unspecified atom stereocenters. The molecular formula is C16H26N2O2. The van der Waals surface area contributed by atoms with Gasteiger partial charge in [-0.1, -0.05) is 44.2 Å². The van der Waals surface area contributed by atoms with Crippen molar-refractivity contribution in [2.24, 2.45) is 17.6 Å². The second-order valence-electron chi connectivity index (χ2n) is 5.65. The zero-order valence-electron chi connectivity index (χ0n) is 12.4. The van der Waals surface area contributed by atoms with Gasteiger partial charge < -0.3 is 16.2 Å². The quantitative estimate of drug-likeness (QED) is 0.679. The maximum atomic E-state index is 12.1. The molecule has 0 saturated heterocycles. The minimum absolute atomic E-state index is 0.0518. The molecule has 4 N–H and O–H groups in total. The van der Waals surface area contributed by atoms with E-state index in [1.807, 2.05) is 30.3 Å². The van der Waals surface area contributed by atoms with E-state index in [4.69, 9.17) is 5.73 Å². The van der Waals surface area contributed by atoms with Crippen LogP contribution in [0.25, 0.3) is 0 Å². The molecule has 2 atom stereocenters. The van der Waals surface area contributed by atoms with Gasteiger partial charge in [0.25, 0.3) is 0 Å². The van der Waals surface area contributed by atoms with E-state index in [9.17, 15) is 9.90 Å². The number of carbonyl (C=O) groups is 1. The summed E-state index contributed by atoms with van der Waals surface area (Å²) in [6.07, 6.45) is 1.36. The van der Waals surface area contributed by atoms with E-state index in [-0.39, 0.29) is 24.5 Å². The molecule has 0 aliphatic rings. The third-order valence-electron chi connectivity index (χ3n) is 3.33. The number of aliphatic hydroxyl groups is 1. The van der Waals surface area contributed by atoms with Gasteiger partial charge in [0, 0.05) is 6.42 Å². The van der Waals surface area contributed by atoms with E-state index in [1.165, 1.54) is 0 Å². The van der Waals surface area contributed by atoms with Crippen molar-refractivity contribution in [1.29, 1.82) is 0 Å². The van der Waals surface area contributed by atoms with Gasteiger partial charge in [0.1, 0.15) is 0 Å². The average molecular weight is 278 g/mol. The van der Waals surface area contributed by atoms with Crippen molar-refractivity contribution in [1.82, 2.24) is 5.32 Å². The summed E-state index contributed by atoms with van der Waals surface area (Å²) in [5, 5.41) is 12.3. The molecule has 0 saturated carbocycles. The molecule has 1 amide bonds. The highest BCUT2D eigenvalue weighted by molar-refractivity contribution is 5.76. The number of hydrogen-bond acceptors (Lipinski definition) is 3. The lowest BCUT2D eigenvalue weighted by Crippen LogP contribution is -2.33. The third kappa shape index (κ3) is 5.72. The molecule has 0 aromatic heterocycles. The summed E-state index contributed by atoms with van der Waals surface area (Å²) in [7, 11) is 0. The zero-order valence-corrected chi connectivity index (χ0v) is 12.4. The van der Waals surface area contributed by atoms with Crippen LogP contribution in [0.1, 0.15) is 38.3 Å². The Morgan fingerprint density at radius 1 is 1.30 bits per heavy atom. The van der Waals surface area contributed by atoms with E-state index in [0.29, 0.717) is 18.9 Å². The van der Waals surface area contributed by atoms with E-state index >= 15 is 0 Å². The first kappa shape index (κ1) is 16.7. The first-order valence-corrected chi connectivity index (χ1v) is 7.22. The predicted molar refractivity (Wildman–Crippen MR) is 81.0 cm³/mol. The predicted octanol–water partition coefficient (Wildman–Crippen LogP) is 1.85. The van der Waals surface area contributed by atoms with Crippen LogP contribution < -0.4 is 11.1 Å². The van der Waals surface area contributed by atoms with Crippen LogP contribution in [0.5, 0.6) is 0 Å². The lowest BCUT2D eigenvalue weighted by Gasteiger charge is -2.20. The molecule has 1 aromatic rings. The monoisotopic (exact) mass is 278 g/mol. The summed E-state index contributed by atoms with van der Waals surface area (Å²) in [5.41, 5.74) is 6.63. The van der Waals surface area contributed by atoms with Crippen molar-refractivity contribution >= 4 is 5.91 Å². The Balaban J connectivity index is 2.55. The molecule has 0 aliphatic carbocycles. The Bertz CT molecular complexity index is 393. The number of carbonyl (C=O) groups excluding carboxylic acids is 1. The van der Waals surface area contributed by atoms with E-state index < -0.39 is 0 Å². The minimum Gasteiger partial charge on any atom is -0.394 e. The number of rotatable bonds is 8. The lowest BCUT2D eigenvalue weighted by atomic mass is 9.94. The highest BCUT2D eigenvalue weighted by Gasteiger charge is 2.17. The Hall–Kier alpha value is -1.39. The lowest BCUT2D eigenvalue weighted by molar-refractivity contribution is -0.123.